The Morgan fingerprint density at radius 1 is 1.13 bits per heavy atom. The molecule has 128 valence electrons. The highest BCUT2D eigenvalue weighted by Crippen LogP contribution is 2.15. The van der Waals surface area contributed by atoms with Crippen LogP contribution in [0.15, 0.2) is 24.3 Å². The van der Waals surface area contributed by atoms with Crippen LogP contribution in [-0.2, 0) is 14.2 Å². The van der Waals surface area contributed by atoms with Crippen molar-refractivity contribution in [1.82, 2.24) is 4.90 Å². The van der Waals surface area contributed by atoms with Crippen LogP contribution >= 0.6 is 22.6 Å². The van der Waals surface area contributed by atoms with Gasteiger partial charge in [0.15, 0.2) is 6.29 Å². The lowest BCUT2D eigenvalue weighted by Crippen LogP contribution is -2.45. The number of amides is 2. The average Bonchev–Trinajstić information content (AvgIpc) is 2.46. The van der Waals surface area contributed by atoms with Gasteiger partial charge in [-0.1, -0.05) is 0 Å². The third kappa shape index (κ3) is 6.44. The molecule has 1 aromatic carbocycles. The lowest BCUT2D eigenvalue weighted by atomic mass is 10.2. The van der Waals surface area contributed by atoms with Crippen molar-refractivity contribution in [3.8, 4) is 0 Å². The fourth-order valence-electron chi connectivity index (χ4n) is 1.70. The van der Waals surface area contributed by atoms with Gasteiger partial charge < -0.3 is 14.2 Å². The lowest BCUT2D eigenvalue weighted by molar-refractivity contribution is -0.111. The second-order valence-corrected chi connectivity index (χ2v) is 7.05. The Labute approximate surface area is 150 Å². The molecule has 0 aliphatic rings. The van der Waals surface area contributed by atoms with E-state index in [2.05, 4.69) is 22.6 Å². The Morgan fingerprint density at radius 3 is 2.09 bits per heavy atom. The van der Waals surface area contributed by atoms with Crippen LogP contribution in [0.5, 0.6) is 0 Å². The van der Waals surface area contributed by atoms with Gasteiger partial charge in [-0.05, 0) is 67.6 Å². The largest absolute Gasteiger partial charge is 0.443 e. The molecule has 1 aromatic rings. The molecule has 6 nitrogen and oxygen atoms in total. The molecule has 0 bridgehead atoms. The molecule has 0 N–H and O–H groups in total. The van der Waals surface area contributed by atoms with Gasteiger partial charge in [-0.15, -0.1) is 0 Å². The molecule has 0 aliphatic carbocycles. The van der Waals surface area contributed by atoms with E-state index in [4.69, 9.17) is 14.2 Å². The number of rotatable bonds is 5. The van der Waals surface area contributed by atoms with Crippen molar-refractivity contribution >= 4 is 34.6 Å². The molecule has 23 heavy (non-hydrogen) atoms. The van der Waals surface area contributed by atoms with Crippen molar-refractivity contribution in [2.24, 2.45) is 0 Å². The van der Waals surface area contributed by atoms with Crippen molar-refractivity contribution in [2.75, 3.05) is 20.8 Å². The molecule has 0 spiro atoms. The van der Waals surface area contributed by atoms with Crippen LogP contribution in [-0.4, -0.2) is 49.6 Å². The lowest BCUT2D eigenvalue weighted by Gasteiger charge is -2.28. The monoisotopic (exact) mass is 435 g/mol. The van der Waals surface area contributed by atoms with E-state index in [1.807, 2.05) is 0 Å². The minimum Gasteiger partial charge on any atom is -0.443 e. The summed E-state index contributed by atoms with van der Waals surface area (Å²) in [5.41, 5.74) is -0.320. The Hall–Kier alpha value is -1.19. The number of ether oxygens (including phenoxy) is 3. The second-order valence-electron chi connectivity index (χ2n) is 5.80. The van der Waals surface area contributed by atoms with E-state index in [0.29, 0.717) is 5.56 Å². The maximum absolute atomic E-state index is 12.7. The predicted octanol–water partition coefficient (Wildman–Crippen LogP) is 3.29. The van der Waals surface area contributed by atoms with Gasteiger partial charge in [0.2, 0.25) is 0 Å². The molecule has 0 saturated carbocycles. The van der Waals surface area contributed by atoms with Crippen LogP contribution < -0.4 is 0 Å². The summed E-state index contributed by atoms with van der Waals surface area (Å²) >= 11 is 2.14. The standard InChI is InChI=1S/C16H22INO5/c1-16(2,3)23-15(20)18(10-13(21-4)22-5)14(19)11-6-8-12(17)9-7-11/h6-9,13H,10H2,1-5H3. The SMILES string of the molecule is COC(CN(C(=O)OC(C)(C)C)C(=O)c1ccc(I)cc1)OC. The third-order valence-corrected chi connectivity index (χ3v) is 3.53. The minimum absolute atomic E-state index is 0.0628. The molecule has 0 aromatic heterocycles. The van der Waals surface area contributed by atoms with Crippen LogP contribution in [0.2, 0.25) is 0 Å². The maximum atomic E-state index is 12.7. The summed E-state index contributed by atoms with van der Waals surface area (Å²) in [6, 6.07) is 6.92. The number of hydrogen-bond donors (Lipinski definition) is 0. The molecule has 0 aliphatic heterocycles. The first-order chi connectivity index (χ1) is 10.7. The Balaban J connectivity index is 3.04. The molecule has 0 heterocycles. The molecule has 1 rings (SSSR count). The first-order valence-corrected chi connectivity index (χ1v) is 8.12. The molecule has 0 saturated heterocycles. The molecular formula is C16H22INO5. The highest BCUT2D eigenvalue weighted by atomic mass is 127. The van der Waals surface area contributed by atoms with Crippen LogP contribution in [0.1, 0.15) is 31.1 Å². The third-order valence-electron chi connectivity index (χ3n) is 2.81. The topological polar surface area (TPSA) is 65.1 Å². The fraction of sp³-hybridized carbons (Fsp3) is 0.500. The summed E-state index contributed by atoms with van der Waals surface area (Å²) in [4.78, 5) is 26.0. The zero-order chi connectivity index (χ0) is 17.6. The first kappa shape index (κ1) is 19.9. The van der Waals surface area contributed by atoms with Crippen molar-refractivity contribution in [3.63, 3.8) is 0 Å². The van der Waals surface area contributed by atoms with Gasteiger partial charge in [-0.25, -0.2) is 9.69 Å². The van der Waals surface area contributed by atoms with E-state index in [0.717, 1.165) is 8.47 Å². The Morgan fingerprint density at radius 2 is 1.65 bits per heavy atom. The zero-order valence-corrected chi connectivity index (χ0v) is 16.1. The van der Waals surface area contributed by atoms with E-state index >= 15 is 0 Å². The summed E-state index contributed by atoms with van der Waals surface area (Å²) < 4.78 is 16.5. The van der Waals surface area contributed by atoms with Gasteiger partial charge in [-0.3, -0.25) is 4.79 Å². The maximum Gasteiger partial charge on any atom is 0.417 e. The summed E-state index contributed by atoms with van der Waals surface area (Å²) in [6.45, 7) is 5.15. The highest BCUT2D eigenvalue weighted by Gasteiger charge is 2.30. The quantitative estimate of drug-likeness (QED) is 0.525. The minimum atomic E-state index is -0.736. The van der Waals surface area contributed by atoms with E-state index in [-0.39, 0.29) is 6.54 Å². The number of hydrogen-bond acceptors (Lipinski definition) is 5. The van der Waals surface area contributed by atoms with Crippen molar-refractivity contribution < 1.29 is 23.8 Å². The number of methoxy groups -OCH3 is 2. The van der Waals surface area contributed by atoms with E-state index < -0.39 is 23.9 Å². The predicted molar refractivity (Wildman–Crippen MR) is 94.2 cm³/mol. The number of imide groups is 1. The molecule has 0 unspecified atom stereocenters. The summed E-state index contributed by atoms with van der Waals surface area (Å²) in [5, 5.41) is 0. The van der Waals surface area contributed by atoms with Crippen LogP contribution in [0.25, 0.3) is 0 Å². The van der Waals surface area contributed by atoms with Gasteiger partial charge in [-0.2, -0.15) is 0 Å². The van der Waals surface area contributed by atoms with Crippen LogP contribution in [0.4, 0.5) is 4.79 Å². The number of halogens is 1. The van der Waals surface area contributed by atoms with Gasteiger partial charge in [0, 0.05) is 23.4 Å². The normalized spacial score (nSPS) is 11.4. The highest BCUT2D eigenvalue weighted by molar-refractivity contribution is 14.1. The number of benzene rings is 1. The zero-order valence-electron chi connectivity index (χ0n) is 14.0. The fourth-order valence-corrected chi connectivity index (χ4v) is 2.06. The van der Waals surface area contributed by atoms with Gasteiger partial charge >= 0.3 is 6.09 Å². The molecule has 0 fully saturated rings. The molecule has 2 amide bonds. The number of nitrogens with zero attached hydrogens (tertiary/aromatic N) is 1. The summed E-state index contributed by atoms with van der Waals surface area (Å²) in [5.74, 6) is -0.463. The van der Waals surface area contributed by atoms with E-state index in [1.165, 1.54) is 14.2 Å². The van der Waals surface area contributed by atoms with Gasteiger partial charge in [0.05, 0.1) is 6.54 Å². The number of carbonyl (C=O) groups is 2. The Bertz CT molecular complexity index is 534. The molecular weight excluding hydrogens is 413 g/mol. The van der Waals surface area contributed by atoms with E-state index in [9.17, 15) is 9.59 Å². The molecule has 7 heteroatoms. The van der Waals surface area contributed by atoms with Crippen molar-refractivity contribution in [2.45, 2.75) is 32.7 Å². The first-order valence-electron chi connectivity index (χ1n) is 7.04. The second kappa shape index (κ2) is 8.60. The average molecular weight is 435 g/mol. The smallest absolute Gasteiger partial charge is 0.417 e. The van der Waals surface area contributed by atoms with Gasteiger partial charge in [0.25, 0.3) is 5.91 Å². The summed E-state index contributed by atoms with van der Waals surface area (Å²) in [6.07, 6.45) is -1.46. The summed E-state index contributed by atoms with van der Waals surface area (Å²) in [7, 11) is 2.88. The molecule has 0 radical (unpaired) electrons. The van der Waals surface area contributed by atoms with Crippen molar-refractivity contribution in [1.29, 1.82) is 0 Å². The Kier molecular flexibility index (Phi) is 7.43. The molecule has 0 atom stereocenters. The van der Waals surface area contributed by atoms with Gasteiger partial charge in [0.1, 0.15) is 5.60 Å². The van der Waals surface area contributed by atoms with Crippen molar-refractivity contribution in [3.05, 3.63) is 33.4 Å². The van der Waals surface area contributed by atoms with Crippen LogP contribution in [0.3, 0.4) is 0 Å². The van der Waals surface area contributed by atoms with Crippen LogP contribution in [0, 0.1) is 3.57 Å². The number of carbonyl (C=O) groups excluding carboxylic acids is 2. The van der Waals surface area contributed by atoms with E-state index in [1.54, 1.807) is 45.0 Å².